The Morgan fingerprint density at radius 1 is 1.14 bits per heavy atom. The van der Waals surface area contributed by atoms with Gasteiger partial charge in [0.25, 0.3) is 0 Å². The van der Waals surface area contributed by atoms with Gasteiger partial charge in [0.05, 0.1) is 12.0 Å². The number of nitriles is 1. The summed E-state index contributed by atoms with van der Waals surface area (Å²) in [4.78, 5) is 15.1. The van der Waals surface area contributed by atoms with Crippen molar-refractivity contribution in [2.45, 2.75) is 26.2 Å². The number of hydrogen-bond donors (Lipinski definition) is 2. The first-order chi connectivity index (χ1) is 14.1. The molecule has 2 aromatic carbocycles. The molecular formula is C24H30N4O. The van der Waals surface area contributed by atoms with Crippen molar-refractivity contribution in [3.05, 3.63) is 54.1 Å². The Morgan fingerprint density at radius 3 is 2.52 bits per heavy atom. The summed E-state index contributed by atoms with van der Waals surface area (Å²) >= 11 is 0. The maximum Gasteiger partial charge on any atom is 0.228 e. The lowest BCUT2D eigenvalue weighted by Crippen LogP contribution is -2.43. The van der Waals surface area contributed by atoms with E-state index >= 15 is 0 Å². The van der Waals surface area contributed by atoms with Gasteiger partial charge in [-0.1, -0.05) is 50.2 Å². The fourth-order valence-corrected chi connectivity index (χ4v) is 3.86. The van der Waals surface area contributed by atoms with Crippen molar-refractivity contribution in [2.24, 2.45) is 5.92 Å². The van der Waals surface area contributed by atoms with Crippen molar-refractivity contribution in [3.8, 4) is 17.2 Å². The third-order valence-corrected chi connectivity index (χ3v) is 5.32. The van der Waals surface area contributed by atoms with Crippen LogP contribution in [0, 0.1) is 17.2 Å². The first-order valence-electron chi connectivity index (χ1n) is 10.4. The molecule has 1 aliphatic heterocycles. The van der Waals surface area contributed by atoms with Gasteiger partial charge >= 0.3 is 0 Å². The topological polar surface area (TPSA) is 68.2 Å². The monoisotopic (exact) mass is 390 g/mol. The van der Waals surface area contributed by atoms with Crippen LogP contribution in [-0.2, 0) is 4.79 Å². The summed E-state index contributed by atoms with van der Waals surface area (Å²) in [6, 6.07) is 18.9. The Hall–Kier alpha value is -2.84. The second-order valence-electron chi connectivity index (χ2n) is 7.97. The number of nitrogens with one attached hydrogen (secondary N) is 2. The van der Waals surface area contributed by atoms with Gasteiger partial charge in [-0.3, -0.25) is 4.79 Å². The number of piperazine rings is 1. The van der Waals surface area contributed by atoms with Gasteiger partial charge in [0.15, 0.2) is 0 Å². The maximum absolute atomic E-state index is 12.7. The van der Waals surface area contributed by atoms with E-state index in [1.165, 1.54) is 5.69 Å². The molecule has 5 heteroatoms. The summed E-state index contributed by atoms with van der Waals surface area (Å²) in [7, 11) is 0. The molecule has 3 rings (SSSR count). The van der Waals surface area contributed by atoms with Gasteiger partial charge in [0, 0.05) is 31.9 Å². The third kappa shape index (κ3) is 5.58. The molecule has 0 aliphatic carbocycles. The average molecular weight is 391 g/mol. The van der Waals surface area contributed by atoms with Gasteiger partial charge < -0.3 is 15.5 Å². The highest BCUT2D eigenvalue weighted by atomic mass is 16.1. The highest BCUT2D eigenvalue weighted by Crippen LogP contribution is 2.30. The molecule has 1 amide bonds. The summed E-state index contributed by atoms with van der Waals surface area (Å²) in [5.74, 6) is 0.0548. The second kappa shape index (κ2) is 10.1. The van der Waals surface area contributed by atoms with E-state index in [9.17, 15) is 4.79 Å². The molecule has 0 aromatic heterocycles. The zero-order valence-corrected chi connectivity index (χ0v) is 17.3. The highest BCUT2D eigenvalue weighted by molar-refractivity contribution is 5.84. The standard InChI is InChI=1S/C24H30N4O/c1-18(2)15-23(24(29)27-10-9-25)21-7-3-5-19(16-21)20-6-4-8-22(17-20)28-13-11-26-12-14-28/h3-8,16-18,23,26H,10-15H2,1-2H3,(H,27,29). The molecule has 1 saturated heterocycles. The Balaban J connectivity index is 1.87. The van der Waals surface area contributed by atoms with E-state index in [0.29, 0.717) is 5.92 Å². The summed E-state index contributed by atoms with van der Waals surface area (Å²) in [6.45, 7) is 8.32. The summed E-state index contributed by atoms with van der Waals surface area (Å²) < 4.78 is 0. The molecule has 152 valence electrons. The van der Waals surface area contributed by atoms with E-state index in [-0.39, 0.29) is 18.4 Å². The molecule has 1 heterocycles. The lowest BCUT2D eigenvalue weighted by Gasteiger charge is -2.29. The maximum atomic E-state index is 12.7. The van der Waals surface area contributed by atoms with Gasteiger partial charge in [-0.05, 0) is 41.2 Å². The van der Waals surface area contributed by atoms with Crippen LogP contribution in [0.1, 0.15) is 31.7 Å². The molecule has 1 atom stereocenters. The van der Waals surface area contributed by atoms with Crippen LogP contribution in [0.5, 0.6) is 0 Å². The number of hydrogen-bond acceptors (Lipinski definition) is 4. The quantitative estimate of drug-likeness (QED) is 0.710. The number of nitrogens with zero attached hydrogens (tertiary/aromatic N) is 2. The summed E-state index contributed by atoms with van der Waals surface area (Å²) in [5.41, 5.74) is 4.50. The first kappa shape index (κ1) is 20.9. The van der Waals surface area contributed by atoms with E-state index in [1.54, 1.807) is 0 Å². The number of carbonyl (C=O) groups excluding carboxylic acids is 1. The van der Waals surface area contributed by atoms with E-state index in [2.05, 4.69) is 65.8 Å². The normalized spacial score (nSPS) is 15.0. The highest BCUT2D eigenvalue weighted by Gasteiger charge is 2.22. The second-order valence-corrected chi connectivity index (χ2v) is 7.97. The lowest BCUT2D eigenvalue weighted by atomic mass is 9.88. The van der Waals surface area contributed by atoms with Crippen molar-refractivity contribution < 1.29 is 4.79 Å². The number of benzene rings is 2. The molecule has 0 radical (unpaired) electrons. The number of rotatable bonds is 7. The van der Waals surface area contributed by atoms with Crippen LogP contribution in [0.25, 0.3) is 11.1 Å². The smallest absolute Gasteiger partial charge is 0.228 e. The van der Waals surface area contributed by atoms with Crippen LogP contribution in [0.2, 0.25) is 0 Å². The van der Waals surface area contributed by atoms with Crippen molar-refractivity contribution in [2.75, 3.05) is 37.6 Å². The first-order valence-corrected chi connectivity index (χ1v) is 10.4. The van der Waals surface area contributed by atoms with E-state index in [1.807, 2.05) is 18.2 Å². The average Bonchev–Trinajstić information content (AvgIpc) is 2.76. The van der Waals surface area contributed by atoms with Gasteiger partial charge in [-0.2, -0.15) is 5.26 Å². The van der Waals surface area contributed by atoms with Gasteiger partial charge in [-0.25, -0.2) is 0 Å². The van der Waals surface area contributed by atoms with Gasteiger partial charge in [-0.15, -0.1) is 0 Å². The lowest BCUT2D eigenvalue weighted by molar-refractivity contribution is -0.122. The predicted octanol–water partition coefficient (Wildman–Crippen LogP) is 3.53. The SMILES string of the molecule is CC(C)CC(C(=O)NCC#N)c1cccc(-c2cccc(N3CCNCC3)c2)c1. The van der Waals surface area contributed by atoms with Crippen molar-refractivity contribution in [1.29, 1.82) is 5.26 Å². The Labute approximate surface area is 173 Å². The zero-order valence-electron chi connectivity index (χ0n) is 17.3. The number of amides is 1. The van der Waals surface area contributed by atoms with E-state index in [4.69, 9.17) is 5.26 Å². The molecule has 0 spiro atoms. The van der Waals surface area contributed by atoms with Crippen LogP contribution in [0.15, 0.2) is 48.5 Å². The summed E-state index contributed by atoms with van der Waals surface area (Å²) in [6.07, 6.45) is 0.752. The van der Waals surface area contributed by atoms with Crippen LogP contribution < -0.4 is 15.5 Å². The van der Waals surface area contributed by atoms with Crippen LogP contribution >= 0.6 is 0 Å². The molecule has 1 unspecified atom stereocenters. The van der Waals surface area contributed by atoms with Crippen molar-refractivity contribution >= 4 is 11.6 Å². The Kier molecular flexibility index (Phi) is 7.26. The van der Waals surface area contributed by atoms with Crippen LogP contribution in [0.4, 0.5) is 5.69 Å². The zero-order chi connectivity index (χ0) is 20.6. The third-order valence-electron chi connectivity index (χ3n) is 5.32. The molecule has 29 heavy (non-hydrogen) atoms. The Morgan fingerprint density at radius 2 is 1.83 bits per heavy atom. The minimum absolute atomic E-state index is 0.0415. The van der Waals surface area contributed by atoms with E-state index in [0.717, 1.165) is 49.3 Å². The van der Waals surface area contributed by atoms with E-state index < -0.39 is 0 Å². The minimum Gasteiger partial charge on any atom is -0.369 e. The molecule has 2 N–H and O–H groups in total. The molecule has 1 fully saturated rings. The molecule has 0 bridgehead atoms. The molecule has 5 nitrogen and oxygen atoms in total. The fraction of sp³-hybridized carbons (Fsp3) is 0.417. The van der Waals surface area contributed by atoms with Crippen LogP contribution in [0.3, 0.4) is 0 Å². The fourth-order valence-electron chi connectivity index (χ4n) is 3.86. The summed E-state index contributed by atoms with van der Waals surface area (Å²) in [5, 5.41) is 14.9. The number of anilines is 1. The van der Waals surface area contributed by atoms with Crippen LogP contribution in [-0.4, -0.2) is 38.6 Å². The molecule has 2 aromatic rings. The largest absolute Gasteiger partial charge is 0.369 e. The minimum atomic E-state index is -0.250. The predicted molar refractivity (Wildman–Crippen MR) is 118 cm³/mol. The van der Waals surface area contributed by atoms with Crippen molar-refractivity contribution in [1.82, 2.24) is 10.6 Å². The molecule has 0 saturated carbocycles. The Bertz CT molecular complexity index is 865. The van der Waals surface area contributed by atoms with Crippen molar-refractivity contribution in [3.63, 3.8) is 0 Å². The molecular weight excluding hydrogens is 360 g/mol. The number of carbonyl (C=O) groups is 1. The van der Waals surface area contributed by atoms with Gasteiger partial charge in [0.1, 0.15) is 6.54 Å². The molecule has 1 aliphatic rings. The van der Waals surface area contributed by atoms with Gasteiger partial charge in [0.2, 0.25) is 5.91 Å².